The molecule has 0 aliphatic rings. The first-order valence-corrected chi connectivity index (χ1v) is 6.81. The summed E-state index contributed by atoms with van der Waals surface area (Å²) >= 11 is 1.50. The van der Waals surface area contributed by atoms with Gasteiger partial charge in [-0.2, -0.15) is 0 Å². The molecule has 0 aliphatic carbocycles. The Morgan fingerprint density at radius 3 is 2.15 bits per heavy atom. The summed E-state index contributed by atoms with van der Waals surface area (Å²) in [5.74, 6) is 0.836. The average molecular weight is 222 g/mol. The molecule has 0 amide bonds. The lowest BCUT2D eigenvalue weighted by Crippen LogP contribution is -2.31. The van der Waals surface area contributed by atoms with Crippen LogP contribution in [-0.4, -0.2) is 24.7 Å². The van der Waals surface area contributed by atoms with E-state index in [-0.39, 0.29) is 5.75 Å². The summed E-state index contributed by atoms with van der Waals surface area (Å²) in [6, 6.07) is 0. The van der Waals surface area contributed by atoms with Crippen LogP contribution in [0.5, 0.6) is 0 Å². The molecule has 0 atom stereocenters. The molecule has 0 spiro atoms. The number of hydrogen-bond acceptors (Lipinski definition) is 3. The topological polar surface area (TPSA) is 34.1 Å². The van der Waals surface area contributed by atoms with Crippen LogP contribution in [0.25, 0.3) is 0 Å². The van der Waals surface area contributed by atoms with Gasteiger partial charge in [0.2, 0.25) is 0 Å². The van der Waals surface area contributed by atoms with E-state index in [0.717, 1.165) is 4.91 Å². The molecule has 0 aromatic carbocycles. The van der Waals surface area contributed by atoms with Crippen LogP contribution in [0.1, 0.15) is 27.7 Å². The molecule has 0 fully saturated rings. The fraction of sp³-hybridized carbons (Fsp3) is 0.778. The first-order valence-electron chi connectivity index (χ1n) is 4.17. The third-order valence-electron chi connectivity index (χ3n) is 1.63. The Balaban J connectivity index is 4.15. The minimum Gasteiger partial charge on any atom is -0.228 e. The SMILES string of the molecule is C=C(C)SCCS(=O)(=O)C(C)(C)C. The monoisotopic (exact) mass is 222 g/mol. The van der Waals surface area contributed by atoms with E-state index in [9.17, 15) is 8.42 Å². The third-order valence-corrected chi connectivity index (χ3v) is 5.40. The second-order valence-corrected chi connectivity index (χ2v) is 8.24. The molecular weight excluding hydrogens is 204 g/mol. The smallest absolute Gasteiger partial charge is 0.156 e. The van der Waals surface area contributed by atoms with Crippen molar-refractivity contribution in [3.05, 3.63) is 11.5 Å². The molecule has 0 heterocycles. The Kier molecular flexibility index (Phi) is 4.52. The normalized spacial score (nSPS) is 12.9. The lowest BCUT2D eigenvalue weighted by molar-refractivity contribution is 0.562. The average Bonchev–Trinajstić information content (AvgIpc) is 1.82. The minimum atomic E-state index is -2.96. The zero-order valence-electron chi connectivity index (χ0n) is 8.75. The fourth-order valence-electron chi connectivity index (χ4n) is 0.632. The van der Waals surface area contributed by atoms with Gasteiger partial charge in [0, 0.05) is 5.75 Å². The van der Waals surface area contributed by atoms with Crippen molar-refractivity contribution in [1.82, 2.24) is 0 Å². The zero-order valence-corrected chi connectivity index (χ0v) is 10.4. The maximum atomic E-state index is 11.6. The molecule has 0 bridgehead atoms. The van der Waals surface area contributed by atoms with Crippen LogP contribution in [0.2, 0.25) is 0 Å². The number of allylic oxidation sites excluding steroid dienone is 1. The van der Waals surface area contributed by atoms with Crippen molar-refractivity contribution in [2.24, 2.45) is 0 Å². The second-order valence-electron chi connectivity index (χ2n) is 3.98. The molecule has 0 rings (SSSR count). The van der Waals surface area contributed by atoms with E-state index in [4.69, 9.17) is 0 Å². The molecule has 0 saturated heterocycles. The van der Waals surface area contributed by atoms with Gasteiger partial charge in [0.15, 0.2) is 9.84 Å². The Morgan fingerprint density at radius 2 is 1.85 bits per heavy atom. The van der Waals surface area contributed by atoms with E-state index in [1.165, 1.54) is 11.8 Å². The van der Waals surface area contributed by atoms with Gasteiger partial charge in [-0.25, -0.2) is 8.42 Å². The Morgan fingerprint density at radius 1 is 1.38 bits per heavy atom. The van der Waals surface area contributed by atoms with Gasteiger partial charge in [0.1, 0.15) is 0 Å². The van der Waals surface area contributed by atoms with Gasteiger partial charge >= 0.3 is 0 Å². The molecule has 0 unspecified atom stereocenters. The van der Waals surface area contributed by atoms with Crippen LogP contribution in [0.4, 0.5) is 0 Å². The van der Waals surface area contributed by atoms with Crippen molar-refractivity contribution in [3.8, 4) is 0 Å². The molecule has 4 heteroatoms. The summed E-state index contributed by atoms with van der Waals surface area (Å²) in [6.45, 7) is 10.8. The van der Waals surface area contributed by atoms with Crippen LogP contribution >= 0.6 is 11.8 Å². The van der Waals surface area contributed by atoms with E-state index in [1.54, 1.807) is 20.8 Å². The van der Waals surface area contributed by atoms with Crippen molar-refractivity contribution in [1.29, 1.82) is 0 Å². The molecule has 0 radical (unpaired) electrons. The van der Waals surface area contributed by atoms with Crippen molar-refractivity contribution in [3.63, 3.8) is 0 Å². The summed E-state index contributed by atoms with van der Waals surface area (Å²) in [6.07, 6.45) is 0. The maximum absolute atomic E-state index is 11.6. The predicted molar refractivity (Wildman–Crippen MR) is 60.8 cm³/mol. The van der Waals surface area contributed by atoms with E-state index in [1.807, 2.05) is 6.92 Å². The number of hydrogen-bond donors (Lipinski definition) is 0. The Labute approximate surface area is 85.7 Å². The predicted octanol–water partition coefficient (Wildman–Crippen LogP) is 2.47. The third kappa shape index (κ3) is 4.72. The van der Waals surface area contributed by atoms with Crippen LogP contribution in [0, 0.1) is 0 Å². The molecule has 0 aliphatic heterocycles. The Hall–Kier alpha value is 0.0400. The molecule has 0 aromatic heterocycles. The summed E-state index contributed by atoms with van der Waals surface area (Å²) in [5, 5.41) is 0. The van der Waals surface area contributed by atoms with E-state index in [0.29, 0.717) is 5.75 Å². The molecule has 78 valence electrons. The maximum Gasteiger partial charge on any atom is 0.156 e. The van der Waals surface area contributed by atoms with Gasteiger partial charge in [-0.1, -0.05) is 6.58 Å². The summed E-state index contributed by atoms with van der Waals surface area (Å²) in [7, 11) is -2.96. The lowest BCUT2D eigenvalue weighted by Gasteiger charge is -2.18. The molecule has 0 saturated carbocycles. The van der Waals surface area contributed by atoms with E-state index >= 15 is 0 Å². The van der Waals surface area contributed by atoms with Gasteiger partial charge in [-0.15, -0.1) is 11.8 Å². The van der Waals surface area contributed by atoms with Gasteiger partial charge in [-0.3, -0.25) is 0 Å². The lowest BCUT2D eigenvalue weighted by atomic mass is 10.3. The Bertz CT molecular complexity index is 270. The summed E-state index contributed by atoms with van der Waals surface area (Å²) in [4.78, 5) is 0.962. The van der Waals surface area contributed by atoms with Crippen molar-refractivity contribution >= 4 is 21.6 Å². The quantitative estimate of drug-likeness (QED) is 0.733. The van der Waals surface area contributed by atoms with E-state index in [2.05, 4.69) is 6.58 Å². The van der Waals surface area contributed by atoms with Crippen LogP contribution in [-0.2, 0) is 9.84 Å². The van der Waals surface area contributed by atoms with Gasteiger partial charge < -0.3 is 0 Å². The first kappa shape index (κ1) is 13.0. The van der Waals surface area contributed by atoms with Crippen LogP contribution in [0.3, 0.4) is 0 Å². The molecular formula is C9H18O2S2. The number of rotatable bonds is 4. The minimum absolute atomic E-state index is 0.230. The van der Waals surface area contributed by atoms with Crippen LogP contribution < -0.4 is 0 Å². The molecule has 2 nitrogen and oxygen atoms in total. The number of sulfone groups is 1. The summed E-state index contributed by atoms with van der Waals surface area (Å²) in [5.41, 5.74) is 0. The standard InChI is InChI=1S/C9H18O2S2/c1-8(2)12-6-7-13(10,11)9(3,4)5/h1,6-7H2,2-5H3. The molecule has 13 heavy (non-hydrogen) atoms. The molecule has 0 aromatic rings. The molecule has 0 N–H and O–H groups in total. The number of thioether (sulfide) groups is 1. The highest BCUT2D eigenvalue weighted by Gasteiger charge is 2.28. The highest BCUT2D eigenvalue weighted by molar-refractivity contribution is 8.04. The summed E-state index contributed by atoms with van der Waals surface area (Å²) < 4.78 is 22.5. The zero-order chi connectivity index (χ0) is 10.7. The highest BCUT2D eigenvalue weighted by Crippen LogP contribution is 2.19. The van der Waals surface area contributed by atoms with Crippen LogP contribution in [0.15, 0.2) is 11.5 Å². The van der Waals surface area contributed by atoms with E-state index < -0.39 is 14.6 Å². The van der Waals surface area contributed by atoms with Crippen molar-refractivity contribution in [2.75, 3.05) is 11.5 Å². The van der Waals surface area contributed by atoms with Gasteiger partial charge in [0.25, 0.3) is 0 Å². The second kappa shape index (κ2) is 4.51. The highest BCUT2D eigenvalue weighted by atomic mass is 32.2. The van der Waals surface area contributed by atoms with Gasteiger partial charge in [-0.05, 0) is 32.6 Å². The fourth-order valence-corrected chi connectivity index (χ4v) is 2.80. The van der Waals surface area contributed by atoms with Crippen molar-refractivity contribution < 1.29 is 8.42 Å². The van der Waals surface area contributed by atoms with Crippen molar-refractivity contribution in [2.45, 2.75) is 32.4 Å². The largest absolute Gasteiger partial charge is 0.228 e. The first-order chi connectivity index (χ1) is 5.67. The van der Waals surface area contributed by atoms with Gasteiger partial charge in [0.05, 0.1) is 10.5 Å².